The van der Waals surface area contributed by atoms with E-state index in [9.17, 15) is 4.79 Å². The molecule has 108 valence electrons. The third kappa shape index (κ3) is 2.83. The Morgan fingerprint density at radius 1 is 1.60 bits per heavy atom. The van der Waals surface area contributed by atoms with Gasteiger partial charge in [0.15, 0.2) is 0 Å². The molecule has 3 heterocycles. The fraction of sp³-hybridized carbons (Fsp3) is 0.600. The molecule has 1 N–H and O–H groups in total. The van der Waals surface area contributed by atoms with Crippen LogP contribution in [0.1, 0.15) is 19.8 Å². The van der Waals surface area contributed by atoms with Crippen molar-refractivity contribution in [3.63, 3.8) is 0 Å². The standard InChI is InChI=1S/C15H21N3O2/c1-2-18-7-5-11-8-13(20-14(11)10-18)15(19)17-12-4-3-6-16-9-12/h3-4,6,9,11,13-14H,2,5,7-8,10H2,1H3,(H,17,19)/t11-,13-,14+/m1/s1. The lowest BCUT2D eigenvalue weighted by Crippen LogP contribution is -2.42. The predicted molar refractivity (Wildman–Crippen MR) is 76.4 cm³/mol. The molecule has 1 aromatic rings. The van der Waals surface area contributed by atoms with Crippen LogP contribution >= 0.6 is 0 Å². The van der Waals surface area contributed by atoms with Gasteiger partial charge in [0.25, 0.3) is 5.91 Å². The zero-order valence-electron chi connectivity index (χ0n) is 11.8. The van der Waals surface area contributed by atoms with Gasteiger partial charge in [-0.05, 0) is 44.0 Å². The molecule has 2 saturated heterocycles. The summed E-state index contributed by atoms with van der Waals surface area (Å²) >= 11 is 0. The van der Waals surface area contributed by atoms with Gasteiger partial charge in [0, 0.05) is 12.7 Å². The van der Waals surface area contributed by atoms with E-state index in [2.05, 4.69) is 22.1 Å². The first-order valence-corrected chi connectivity index (χ1v) is 7.35. The highest BCUT2D eigenvalue weighted by atomic mass is 16.5. The highest BCUT2D eigenvalue weighted by Gasteiger charge is 2.41. The molecule has 1 aromatic heterocycles. The molecule has 0 aliphatic carbocycles. The van der Waals surface area contributed by atoms with Crippen LogP contribution in [-0.4, -0.2) is 47.6 Å². The molecule has 5 nitrogen and oxygen atoms in total. The first-order chi connectivity index (χ1) is 9.76. The second-order valence-corrected chi connectivity index (χ2v) is 5.57. The number of anilines is 1. The Morgan fingerprint density at radius 2 is 2.50 bits per heavy atom. The lowest BCUT2D eigenvalue weighted by atomic mass is 9.91. The maximum absolute atomic E-state index is 12.2. The number of hydrogen-bond donors (Lipinski definition) is 1. The summed E-state index contributed by atoms with van der Waals surface area (Å²) in [6, 6.07) is 3.65. The van der Waals surface area contributed by atoms with Crippen LogP contribution in [0.3, 0.4) is 0 Å². The number of likely N-dealkylation sites (N-methyl/N-ethyl adjacent to an activating group) is 1. The molecule has 0 unspecified atom stereocenters. The number of carbonyl (C=O) groups is 1. The molecule has 2 aliphatic heterocycles. The molecule has 3 rings (SSSR count). The minimum absolute atomic E-state index is 0.0459. The maximum Gasteiger partial charge on any atom is 0.253 e. The fourth-order valence-corrected chi connectivity index (χ4v) is 3.11. The van der Waals surface area contributed by atoms with E-state index >= 15 is 0 Å². The van der Waals surface area contributed by atoms with Crippen LogP contribution in [0.5, 0.6) is 0 Å². The number of pyridine rings is 1. The summed E-state index contributed by atoms with van der Waals surface area (Å²) in [5, 5.41) is 2.88. The van der Waals surface area contributed by atoms with E-state index in [-0.39, 0.29) is 18.1 Å². The van der Waals surface area contributed by atoms with Crippen LogP contribution in [0, 0.1) is 5.92 Å². The Morgan fingerprint density at radius 3 is 3.25 bits per heavy atom. The normalized spacial score (nSPS) is 29.9. The zero-order valence-corrected chi connectivity index (χ0v) is 11.8. The second kappa shape index (κ2) is 5.89. The lowest BCUT2D eigenvalue weighted by Gasteiger charge is -2.33. The van der Waals surface area contributed by atoms with Crippen molar-refractivity contribution in [1.29, 1.82) is 0 Å². The number of fused-ring (bicyclic) bond motifs is 1. The van der Waals surface area contributed by atoms with E-state index in [1.54, 1.807) is 12.4 Å². The number of amides is 1. The molecule has 5 heteroatoms. The van der Waals surface area contributed by atoms with Crippen molar-refractivity contribution in [2.75, 3.05) is 25.0 Å². The number of piperidine rings is 1. The average molecular weight is 275 g/mol. The van der Waals surface area contributed by atoms with E-state index in [1.165, 1.54) is 0 Å². The summed E-state index contributed by atoms with van der Waals surface area (Å²) in [7, 11) is 0. The Labute approximate surface area is 119 Å². The van der Waals surface area contributed by atoms with Crippen molar-refractivity contribution in [1.82, 2.24) is 9.88 Å². The third-order valence-corrected chi connectivity index (χ3v) is 4.30. The van der Waals surface area contributed by atoms with Crippen LogP contribution in [0.2, 0.25) is 0 Å². The number of likely N-dealkylation sites (tertiary alicyclic amines) is 1. The summed E-state index contributed by atoms with van der Waals surface area (Å²) in [6.07, 6.45) is 5.22. The van der Waals surface area contributed by atoms with Crippen LogP contribution in [0.15, 0.2) is 24.5 Å². The maximum atomic E-state index is 12.2. The molecule has 0 aromatic carbocycles. The minimum Gasteiger partial charge on any atom is -0.364 e. The van der Waals surface area contributed by atoms with Crippen LogP contribution < -0.4 is 5.32 Å². The van der Waals surface area contributed by atoms with E-state index in [0.717, 1.165) is 38.2 Å². The van der Waals surface area contributed by atoms with Gasteiger partial charge in [0.05, 0.1) is 18.0 Å². The summed E-state index contributed by atoms with van der Waals surface area (Å²) in [5.41, 5.74) is 0.728. The first-order valence-electron chi connectivity index (χ1n) is 7.35. The Bertz CT molecular complexity index is 465. The second-order valence-electron chi connectivity index (χ2n) is 5.57. The van der Waals surface area contributed by atoms with Gasteiger partial charge in [0.1, 0.15) is 6.10 Å². The molecule has 0 bridgehead atoms. The Balaban J connectivity index is 1.58. The van der Waals surface area contributed by atoms with Gasteiger partial charge < -0.3 is 15.0 Å². The number of nitrogens with zero attached hydrogens (tertiary/aromatic N) is 2. The molecular weight excluding hydrogens is 254 g/mol. The molecule has 20 heavy (non-hydrogen) atoms. The van der Waals surface area contributed by atoms with Crippen molar-refractivity contribution in [3.8, 4) is 0 Å². The summed E-state index contributed by atoms with van der Waals surface area (Å²) in [6.45, 7) is 5.30. The van der Waals surface area contributed by atoms with Crippen molar-refractivity contribution < 1.29 is 9.53 Å². The molecule has 0 spiro atoms. The molecule has 0 saturated carbocycles. The molecule has 3 atom stereocenters. The van der Waals surface area contributed by atoms with Crippen molar-refractivity contribution >= 4 is 11.6 Å². The largest absolute Gasteiger partial charge is 0.364 e. The summed E-state index contributed by atoms with van der Waals surface area (Å²) in [4.78, 5) is 18.6. The minimum atomic E-state index is -0.318. The van der Waals surface area contributed by atoms with Gasteiger partial charge in [-0.1, -0.05) is 6.92 Å². The van der Waals surface area contributed by atoms with E-state index < -0.39 is 0 Å². The van der Waals surface area contributed by atoms with Gasteiger partial charge in [-0.2, -0.15) is 0 Å². The summed E-state index contributed by atoms with van der Waals surface area (Å²) < 4.78 is 5.96. The molecule has 2 fully saturated rings. The average Bonchev–Trinajstić information content (AvgIpc) is 2.91. The molecule has 1 amide bonds. The third-order valence-electron chi connectivity index (χ3n) is 4.30. The van der Waals surface area contributed by atoms with Crippen molar-refractivity contribution in [2.45, 2.75) is 32.0 Å². The fourth-order valence-electron chi connectivity index (χ4n) is 3.11. The zero-order chi connectivity index (χ0) is 13.9. The van der Waals surface area contributed by atoms with Gasteiger partial charge in [-0.3, -0.25) is 9.78 Å². The van der Waals surface area contributed by atoms with Crippen LogP contribution in [0.4, 0.5) is 5.69 Å². The van der Waals surface area contributed by atoms with Gasteiger partial charge >= 0.3 is 0 Å². The lowest BCUT2D eigenvalue weighted by molar-refractivity contribution is -0.127. The number of hydrogen-bond acceptors (Lipinski definition) is 4. The van der Waals surface area contributed by atoms with E-state index in [0.29, 0.717) is 5.92 Å². The van der Waals surface area contributed by atoms with E-state index in [4.69, 9.17) is 4.74 Å². The number of carbonyl (C=O) groups excluding carboxylic acids is 1. The van der Waals surface area contributed by atoms with Crippen LogP contribution in [0.25, 0.3) is 0 Å². The van der Waals surface area contributed by atoms with Crippen molar-refractivity contribution in [3.05, 3.63) is 24.5 Å². The number of nitrogens with one attached hydrogen (secondary N) is 1. The first kappa shape index (κ1) is 13.5. The number of ether oxygens (including phenoxy) is 1. The Kier molecular flexibility index (Phi) is 3.98. The summed E-state index contributed by atoms with van der Waals surface area (Å²) in [5.74, 6) is 0.484. The smallest absolute Gasteiger partial charge is 0.253 e. The number of aromatic nitrogens is 1. The van der Waals surface area contributed by atoms with Gasteiger partial charge in [-0.15, -0.1) is 0 Å². The highest BCUT2D eigenvalue weighted by Crippen LogP contribution is 2.33. The quantitative estimate of drug-likeness (QED) is 0.908. The molecule has 2 aliphatic rings. The monoisotopic (exact) mass is 275 g/mol. The van der Waals surface area contributed by atoms with Crippen molar-refractivity contribution in [2.24, 2.45) is 5.92 Å². The Hall–Kier alpha value is -1.46. The van der Waals surface area contributed by atoms with Crippen LogP contribution in [-0.2, 0) is 9.53 Å². The molecular formula is C15H21N3O2. The predicted octanol–water partition coefficient (Wildman–Crippen LogP) is 1.52. The van der Waals surface area contributed by atoms with Gasteiger partial charge in [0.2, 0.25) is 0 Å². The number of rotatable bonds is 3. The van der Waals surface area contributed by atoms with Gasteiger partial charge in [-0.25, -0.2) is 0 Å². The SMILES string of the molecule is CCN1CC[C@@H]2C[C@H](C(=O)Nc3cccnc3)O[C@H]2C1. The van der Waals surface area contributed by atoms with E-state index in [1.807, 2.05) is 12.1 Å². The molecule has 0 radical (unpaired) electrons. The highest BCUT2D eigenvalue weighted by molar-refractivity contribution is 5.94. The topological polar surface area (TPSA) is 54.5 Å².